The average molecular weight is 448 g/mol. The molecule has 0 heterocycles. The summed E-state index contributed by atoms with van der Waals surface area (Å²) in [6.07, 6.45) is 1.04. The molecular weight excluding hydrogens is 432 g/mol. The van der Waals surface area contributed by atoms with Crippen LogP contribution in [0.2, 0.25) is 5.02 Å². The number of hydrogen-bond acceptors (Lipinski definition) is 4. The van der Waals surface area contributed by atoms with E-state index >= 15 is 0 Å². The molecule has 0 aromatic heterocycles. The van der Waals surface area contributed by atoms with Crippen molar-refractivity contribution < 1.29 is 17.9 Å². The van der Waals surface area contributed by atoms with E-state index in [1.807, 2.05) is 0 Å². The number of halogens is 2. The minimum absolute atomic E-state index is 0.365. The zero-order valence-corrected chi connectivity index (χ0v) is 16.7. The second-order valence-corrected chi connectivity index (χ2v) is 8.40. The van der Waals surface area contributed by atoms with Crippen molar-refractivity contribution >= 4 is 54.8 Å². The third-order valence-electron chi connectivity index (χ3n) is 3.24. The van der Waals surface area contributed by atoms with Crippen LogP contribution in [0.1, 0.15) is 0 Å². The molecule has 25 heavy (non-hydrogen) atoms. The van der Waals surface area contributed by atoms with Gasteiger partial charge in [-0.1, -0.05) is 27.5 Å². The van der Waals surface area contributed by atoms with Crippen molar-refractivity contribution in [1.29, 1.82) is 0 Å². The molecule has 0 atom stereocenters. The van der Waals surface area contributed by atoms with Crippen molar-refractivity contribution in [2.75, 3.05) is 29.5 Å². The number of hydrogen-bond donors (Lipinski definition) is 1. The van der Waals surface area contributed by atoms with Gasteiger partial charge in [0, 0.05) is 9.50 Å². The lowest BCUT2D eigenvalue weighted by Crippen LogP contribution is -2.37. The summed E-state index contributed by atoms with van der Waals surface area (Å²) >= 11 is 9.22. The number of anilines is 2. The predicted molar refractivity (Wildman–Crippen MR) is 103 cm³/mol. The SMILES string of the molecule is COc1ccc(Cl)cc1NC(=O)CN(c1ccc(Br)cc1)S(C)(=O)=O. The first kappa shape index (κ1) is 19.6. The Morgan fingerprint density at radius 3 is 2.44 bits per heavy atom. The highest BCUT2D eigenvalue weighted by atomic mass is 79.9. The lowest BCUT2D eigenvalue weighted by molar-refractivity contribution is -0.114. The molecule has 0 aliphatic rings. The average Bonchev–Trinajstić information content (AvgIpc) is 2.53. The summed E-state index contributed by atoms with van der Waals surface area (Å²) in [7, 11) is -2.18. The summed E-state index contributed by atoms with van der Waals surface area (Å²) in [4.78, 5) is 12.4. The van der Waals surface area contributed by atoms with Gasteiger partial charge in [0.1, 0.15) is 12.3 Å². The Hall–Kier alpha value is -1.77. The summed E-state index contributed by atoms with van der Waals surface area (Å²) in [5.41, 5.74) is 0.753. The minimum atomic E-state index is -3.64. The maximum Gasteiger partial charge on any atom is 0.245 e. The first-order valence-corrected chi connectivity index (χ1v) is 10.1. The number of methoxy groups -OCH3 is 1. The third kappa shape index (κ3) is 5.35. The van der Waals surface area contributed by atoms with Crippen LogP contribution < -0.4 is 14.4 Å². The molecule has 6 nitrogen and oxygen atoms in total. The zero-order valence-electron chi connectivity index (χ0n) is 13.5. The van der Waals surface area contributed by atoms with Gasteiger partial charge in [0.15, 0.2) is 0 Å². The summed E-state index contributed by atoms with van der Waals surface area (Å²) in [5, 5.41) is 3.04. The monoisotopic (exact) mass is 446 g/mol. The Kier molecular flexibility index (Phi) is 6.31. The van der Waals surface area contributed by atoms with Gasteiger partial charge in [-0.15, -0.1) is 0 Å². The number of nitrogens with one attached hydrogen (secondary N) is 1. The highest BCUT2D eigenvalue weighted by Crippen LogP contribution is 2.28. The Bertz CT molecular complexity index is 872. The molecule has 0 fully saturated rings. The molecule has 9 heteroatoms. The lowest BCUT2D eigenvalue weighted by Gasteiger charge is -2.22. The van der Waals surface area contributed by atoms with Crippen LogP contribution in [0.4, 0.5) is 11.4 Å². The Morgan fingerprint density at radius 2 is 1.88 bits per heavy atom. The highest BCUT2D eigenvalue weighted by Gasteiger charge is 2.21. The lowest BCUT2D eigenvalue weighted by atomic mass is 10.3. The zero-order chi connectivity index (χ0) is 18.6. The summed E-state index contributed by atoms with van der Waals surface area (Å²) in [6, 6.07) is 11.4. The summed E-state index contributed by atoms with van der Waals surface area (Å²) in [5.74, 6) is -0.0961. The molecule has 0 spiro atoms. The van der Waals surface area contributed by atoms with Crippen LogP contribution in [0.15, 0.2) is 46.9 Å². The van der Waals surface area contributed by atoms with E-state index in [2.05, 4.69) is 21.2 Å². The number of rotatable bonds is 6. The van der Waals surface area contributed by atoms with E-state index in [0.717, 1.165) is 15.0 Å². The van der Waals surface area contributed by atoms with Gasteiger partial charge in [-0.05, 0) is 42.5 Å². The first-order chi connectivity index (χ1) is 11.7. The van der Waals surface area contributed by atoms with Crippen molar-refractivity contribution in [3.63, 3.8) is 0 Å². The van der Waals surface area contributed by atoms with Crippen molar-refractivity contribution in [2.24, 2.45) is 0 Å². The van der Waals surface area contributed by atoms with Crippen LogP contribution in [0.5, 0.6) is 5.75 Å². The van der Waals surface area contributed by atoms with E-state index in [0.29, 0.717) is 22.1 Å². The van der Waals surface area contributed by atoms with Gasteiger partial charge >= 0.3 is 0 Å². The molecule has 2 aromatic carbocycles. The van der Waals surface area contributed by atoms with Crippen LogP contribution >= 0.6 is 27.5 Å². The van der Waals surface area contributed by atoms with Gasteiger partial charge in [-0.25, -0.2) is 8.42 Å². The van der Waals surface area contributed by atoms with Gasteiger partial charge < -0.3 is 10.1 Å². The Morgan fingerprint density at radius 1 is 1.24 bits per heavy atom. The van der Waals surface area contributed by atoms with Crippen LogP contribution in [0, 0.1) is 0 Å². The number of benzene rings is 2. The van der Waals surface area contributed by atoms with E-state index in [4.69, 9.17) is 16.3 Å². The van der Waals surface area contributed by atoms with Crippen LogP contribution in [0.25, 0.3) is 0 Å². The van der Waals surface area contributed by atoms with Crippen molar-refractivity contribution in [3.8, 4) is 5.75 Å². The minimum Gasteiger partial charge on any atom is -0.495 e. The predicted octanol–water partition coefficient (Wildman–Crippen LogP) is 3.52. The van der Waals surface area contributed by atoms with Gasteiger partial charge in [0.05, 0.1) is 24.7 Å². The maximum atomic E-state index is 12.4. The fraction of sp³-hybridized carbons (Fsp3) is 0.188. The molecule has 0 radical (unpaired) electrons. The van der Waals surface area contributed by atoms with Crippen molar-refractivity contribution in [1.82, 2.24) is 0 Å². The number of carbonyl (C=O) groups excluding carboxylic acids is 1. The second-order valence-electron chi connectivity index (χ2n) is 5.14. The van der Waals surface area contributed by atoms with E-state index in [1.165, 1.54) is 13.2 Å². The molecule has 0 aliphatic heterocycles. The van der Waals surface area contributed by atoms with Crippen LogP contribution in [-0.4, -0.2) is 34.2 Å². The molecule has 0 aliphatic carbocycles. The number of amides is 1. The second kappa shape index (κ2) is 8.07. The molecule has 134 valence electrons. The Labute approximate surface area is 159 Å². The first-order valence-electron chi connectivity index (χ1n) is 7.07. The number of nitrogens with zero attached hydrogens (tertiary/aromatic N) is 1. The highest BCUT2D eigenvalue weighted by molar-refractivity contribution is 9.10. The normalized spacial score (nSPS) is 11.0. The third-order valence-corrected chi connectivity index (χ3v) is 5.14. The molecule has 0 bridgehead atoms. The molecule has 1 amide bonds. The number of carbonyl (C=O) groups is 1. The van der Waals surface area contributed by atoms with Gasteiger partial charge in [-0.3, -0.25) is 9.10 Å². The Balaban J connectivity index is 2.23. The molecule has 0 saturated heterocycles. The topological polar surface area (TPSA) is 75.7 Å². The molecule has 1 N–H and O–H groups in total. The van der Waals surface area contributed by atoms with E-state index < -0.39 is 15.9 Å². The maximum absolute atomic E-state index is 12.4. The standard InChI is InChI=1S/C16H16BrClN2O4S/c1-24-15-8-5-12(18)9-14(15)19-16(21)10-20(25(2,22)23)13-6-3-11(17)4-7-13/h3-9H,10H2,1-2H3,(H,19,21). The van der Waals surface area contributed by atoms with Gasteiger partial charge in [0.2, 0.25) is 15.9 Å². The fourth-order valence-electron chi connectivity index (χ4n) is 2.11. The van der Waals surface area contributed by atoms with Crippen LogP contribution in [0.3, 0.4) is 0 Å². The number of sulfonamides is 1. The van der Waals surface area contributed by atoms with E-state index in [9.17, 15) is 13.2 Å². The molecule has 2 rings (SSSR count). The summed E-state index contributed by atoms with van der Waals surface area (Å²) < 4.78 is 31.1. The molecule has 0 saturated carbocycles. The van der Waals surface area contributed by atoms with Gasteiger partial charge in [-0.2, -0.15) is 0 Å². The van der Waals surface area contributed by atoms with E-state index in [-0.39, 0.29) is 6.54 Å². The largest absolute Gasteiger partial charge is 0.495 e. The van der Waals surface area contributed by atoms with Crippen molar-refractivity contribution in [2.45, 2.75) is 0 Å². The van der Waals surface area contributed by atoms with Crippen LogP contribution in [-0.2, 0) is 14.8 Å². The fourth-order valence-corrected chi connectivity index (χ4v) is 3.40. The molecule has 0 unspecified atom stereocenters. The smallest absolute Gasteiger partial charge is 0.245 e. The van der Waals surface area contributed by atoms with Crippen molar-refractivity contribution in [3.05, 3.63) is 52.0 Å². The number of ether oxygens (including phenoxy) is 1. The van der Waals surface area contributed by atoms with Gasteiger partial charge in [0.25, 0.3) is 0 Å². The molecular formula is C16H16BrClN2O4S. The molecule has 2 aromatic rings. The quantitative estimate of drug-likeness (QED) is 0.735. The van der Waals surface area contributed by atoms with E-state index in [1.54, 1.807) is 36.4 Å². The summed E-state index contributed by atoms with van der Waals surface area (Å²) in [6.45, 7) is -0.379.